The summed E-state index contributed by atoms with van der Waals surface area (Å²) in [6.45, 7) is 15.1. The molecule has 0 bridgehead atoms. The van der Waals surface area contributed by atoms with Gasteiger partial charge >= 0.3 is 8.56 Å². The first kappa shape index (κ1) is 18.4. The molecule has 114 valence electrons. The van der Waals surface area contributed by atoms with E-state index in [0.29, 0.717) is 12.5 Å². The van der Waals surface area contributed by atoms with Crippen molar-refractivity contribution in [2.24, 2.45) is 22.4 Å². The number of hydrogen-bond donors (Lipinski definition) is 2. The van der Waals surface area contributed by atoms with E-state index in [9.17, 15) is 0 Å². The normalized spacial score (nSPS) is 17.1. The molecule has 0 amide bonds. The first-order chi connectivity index (χ1) is 8.59. The van der Waals surface area contributed by atoms with E-state index < -0.39 is 8.56 Å². The molecule has 0 aromatic rings. The molecule has 0 rings (SSSR count). The molecule has 2 atom stereocenters. The Bertz CT molecular complexity index is 304. The summed E-state index contributed by atoms with van der Waals surface area (Å²) in [7, 11) is -2.49. The number of rotatable bonds is 8. The second-order valence-corrected chi connectivity index (χ2v) is 8.98. The first-order valence-electron chi connectivity index (χ1n) is 7.01. The highest BCUT2D eigenvalue weighted by Crippen LogP contribution is 2.29. The highest BCUT2D eigenvalue weighted by atomic mass is 28.4. The van der Waals surface area contributed by atoms with E-state index in [1.807, 2.05) is 20.4 Å². The average Bonchev–Trinajstić information content (AvgIpc) is 2.24. The molecule has 19 heavy (non-hydrogen) atoms. The first-order valence-corrected chi connectivity index (χ1v) is 9.41. The van der Waals surface area contributed by atoms with Gasteiger partial charge in [-0.15, -0.1) is 0 Å². The highest BCUT2D eigenvalue weighted by Gasteiger charge is 2.45. The summed E-state index contributed by atoms with van der Waals surface area (Å²) in [4.78, 5) is 4.31. The van der Waals surface area contributed by atoms with Gasteiger partial charge in [-0.2, -0.15) is 0 Å². The molecule has 0 aliphatic carbocycles. The maximum absolute atomic E-state index is 6.38. The van der Waals surface area contributed by atoms with Crippen LogP contribution >= 0.6 is 0 Å². The monoisotopic (exact) mass is 289 g/mol. The minimum atomic E-state index is -2.49. The summed E-state index contributed by atoms with van der Waals surface area (Å²) in [6, 6.07) is 0. The lowest BCUT2D eigenvalue weighted by Crippen LogP contribution is -2.56. The molecular weight excluding hydrogens is 258 g/mol. The molecule has 0 aliphatic rings. The van der Waals surface area contributed by atoms with Crippen LogP contribution in [0.4, 0.5) is 0 Å². The molecule has 5 nitrogen and oxygen atoms in total. The summed E-state index contributed by atoms with van der Waals surface area (Å²) in [6.07, 6.45) is 0.800. The lowest BCUT2D eigenvalue weighted by atomic mass is 9.95. The fraction of sp³-hybridized carbons (Fsp3) is 0.923. The third kappa shape index (κ3) is 5.50. The van der Waals surface area contributed by atoms with Gasteiger partial charge in [0.25, 0.3) is 0 Å². The Morgan fingerprint density at radius 1 is 1.26 bits per heavy atom. The van der Waals surface area contributed by atoms with Crippen LogP contribution in [0.25, 0.3) is 0 Å². The highest BCUT2D eigenvalue weighted by molar-refractivity contribution is 6.68. The molecule has 0 radical (unpaired) electrons. The third-order valence-corrected chi connectivity index (χ3v) is 7.13. The zero-order valence-corrected chi connectivity index (χ0v) is 14.5. The van der Waals surface area contributed by atoms with E-state index in [-0.39, 0.29) is 17.2 Å². The molecule has 6 heteroatoms. The SMILES string of the molecule is CCO[Si](C)(OC(C)(C)C(C)C)C(CC)N=C(N)N. The van der Waals surface area contributed by atoms with Gasteiger partial charge in [0.1, 0.15) is 0 Å². The van der Waals surface area contributed by atoms with Crippen molar-refractivity contribution >= 4 is 14.5 Å². The summed E-state index contributed by atoms with van der Waals surface area (Å²) in [5.41, 5.74) is 10.7. The predicted octanol–water partition coefficient (Wildman–Crippen LogP) is 2.14. The Kier molecular flexibility index (Phi) is 7.03. The molecule has 0 fully saturated rings. The van der Waals surface area contributed by atoms with E-state index in [0.717, 1.165) is 6.42 Å². The Morgan fingerprint density at radius 3 is 2.11 bits per heavy atom. The van der Waals surface area contributed by atoms with Crippen LogP contribution in [-0.4, -0.2) is 32.4 Å². The Labute approximate surface area is 119 Å². The Balaban J connectivity index is 5.28. The second kappa shape index (κ2) is 7.26. The molecule has 0 aromatic heterocycles. The Hall–Kier alpha value is -0.593. The van der Waals surface area contributed by atoms with Crippen molar-refractivity contribution in [1.29, 1.82) is 0 Å². The van der Waals surface area contributed by atoms with Gasteiger partial charge in [0, 0.05) is 6.61 Å². The maximum atomic E-state index is 6.38. The van der Waals surface area contributed by atoms with E-state index >= 15 is 0 Å². The lowest BCUT2D eigenvalue weighted by molar-refractivity contribution is 0.0121. The molecule has 0 saturated carbocycles. The van der Waals surface area contributed by atoms with Gasteiger partial charge in [-0.1, -0.05) is 20.8 Å². The van der Waals surface area contributed by atoms with Gasteiger partial charge < -0.3 is 20.3 Å². The minimum absolute atomic E-state index is 0.0875. The summed E-state index contributed by atoms with van der Waals surface area (Å²) >= 11 is 0. The van der Waals surface area contributed by atoms with Gasteiger partial charge in [0.15, 0.2) is 5.96 Å². The van der Waals surface area contributed by atoms with Gasteiger partial charge in [-0.25, -0.2) is 4.99 Å². The van der Waals surface area contributed by atoms with Crippen LogP contribution in [0, 0.1) is 5.92 Å². The lowest BCUT2D eigenvalue weighted by Gasteiger charge is -2.41. The summed E-state index contributed by atoms with van der Waals surface area (Å²) in [5.74, 6) is 0.479. The van der Waals surface area contributed by atoms with Crippen molar-refractivity contribution in [3.8, 4) is 0 Å². The standard InChI is InChI=1S/C13H31N3O2Si/c1-8-11(16-12(14)15)19(7,17-9-2)18-13(5,6)10(3)4/h10-11H,8-9H2,1-7H3,(H4,14,15,16). The topological polar surface area (TPSA) is 82.9 Å². The zero-order valence-electron chi connectivity index (χ0n) is 13.5. The maximum Gasteiger partial charge on any atom is 0.360 e. The van der Waals surface area contributed by atoms with Crippen molar-refractivity contribution < 1.29 is 8.85 Å². The van der Waals surface area contributed by atoms with Crippen LogP contribution in [-0.2, 0) is 8.85 Å². The zero-order chi connectivity index (χ0) is 15.3. The van der Waals surface area contributed by atoms with Crippen molar-refractivity contribution in [1.82, 2.24) is 0 Å². The van der Waals surface area contributed by atoms with Crippen molar-refractivity contribution in [2.75, 3.05) is 6.61 Å². The van der Waals surface area contributed by atoms with E-state index in [2.05, 4.69) is 32.7 Å². The Morgan fingerprint density at radius 2 is 1.79 bits per heavy atom. The van der Waals surface area contributed by atoms with Gasteiger partial charge in [0.2, 0.25) is 0 Å². The molecule has 0 aliphatic heterocycles. The molecule has 0 saturated heterocycles. The fourth-order valence-corrected chi connectivity index (χ4v) is 5.25. The molecule has 0 heterocycles. The van der Waals surface area contributed by atoms with Gasteiger partial charge in [-0.3, -0.25) is 0 Å². The molecule has 0 spiro atoms. The fourth-order valence-electron chi connectivity index (χ4n) is 1.88. The van der Waals surface area contributed by atoms with Crippen LogP contribution in [0.3, 0.4) is 0 Å². The average molecular weight is 289 g/mol. The van der Waals surface area contributed by atoms with E-state index in [4.69, 9.17) is 20.3 Å². The van der Waals surface area contributed by atoms with Crippen LogP contribution < -0.4 is 11.5 Å². The van der Waals surface area contributed by atoms with Crippen molar-refractivity contribution in [3.05, 3.63) is 0 Å². The second-order valence-electron chi connectivity index (χ2n) is 5.79. The minimum Gasteiger partial charge on any atom is -0.393 e. The summed E-state index contributed by atoms with van der Waals surface area (Å²) in [5, 5.41) is 0. The molecular formula is C13H31N3O2Si. The molecule has 4 N–H and O–H groups in total. The van der Waals surface area contributed by atoms with Crippen molar-refractivity contribution in [2.45, 2.75) is 65.8 Å². The van der Waals surface area contributed by atoms with Crippen LogP contribution in [0.15, 0.2) is 4.99 Å². The van der Waals surface area contributed by atoms with Crippen LogP contribution in [0.2, 0.25) is 6.55 Å². The van der Waals surface area contributed by atoms with Crippen molar-refractivity contribution in [3.63, 3.8) is 0 Å². The summed E-state index contributed by atoms with van der Waals surface area (Å²) < 4.78 is 12.3. The number of nitrogens with zero attached hydrogens (tertiary/aromatic N) is 1. The van der Waals surface area contributed by atoms with E-state index in [1.165, 1.54) is 0 Å². The molecule has 2 unspecified atom stereocenters. The predicted molar refractivity (Wildman–Crippen MR) is 83.1 cm³/mol. The smallest absolute Gasteiger partial charge is 0.360 e. The van der Waals surface area contributed by atoms with Crippen LogP contribution in [0.5, 0.6) is 0 Å². The van der Waals surface area contributed by atoms with Gasteiger partial charge in [-0.05, 0) is 39.7 Å². The number of aliphatic imine (C=N–C) groups is 1. The van der Waals surface area contributed by atoms with Gasteiger partial charge in [0.05, 0.1) is 11.3 Å². The largest absolute Gasteiger partial charge is 0.393 e. The number of hydrogen-bond acceptors (Lipinski definition) is 3. The third-order valence-electron chi connectivity index (χ3n) is 3.58. The number of nitrogens with two attached hydrogens (primary N) is 2. The van der Waals surface area contributed by atoms with E-state index in [1.54, 1.807) is 0 Å². The molecule has 0 aromatic carbocycles. The van der Waals surface area contributed by atoms with Crippen LogP contribution in [0.1, 0.15) is 48.0 Å². The number of guanidine groups is 1. The quantitative estimate of drug-likeness (QED) is 0.407.